The van der Waals surface area contributed by atoms with E-state index in [0.717, 1.165) is 11.3 Å². The minimum atomic E-state index is -3.44. The molecule has 4 nitrogen and oxygen atoms in total. The first-order valence-electron chi connectivity index (χ1n) is 6.57. The Morgan fingerprint density at radius 2 is 2.05 bits per heavy atom. The first-order valence-corrected chi connectivity index (χ1v) is 8.82. The predicted octanol–water partition coefficient (Wildman–Crippen LogP) is 2.61. The molecule has 1 heterocycles. The zero-order valence-electron chi connectivity index (χ0n) is 12.0. The maximum Gasteiger partial charge on any atom is 0.244 e. The fourth-order valence-corrected chi connectivity index (χ4v) is 4.90. The Bertz CT molecular complexity index is 508. The molecule has 0 saturated carbocycles. The summed E-state index contributed by atoms with van der Waals surface area (Å²) in [5.41, 5.74) is 0. The Labute approximate surface area is 120 Å². The zero-order chi connectivity index (χ0) is 14.6. The number of hydrogen-bond donors (Lipinski definition) is 1. The van der Waals surface area contributed by atoms with Gasteiger partial charge in [0.05, 0.1) is 11.5 Å². The molecular formula is C13H23NO3S2. The van der Waals surface area contributed by atoms with Crippen LogP contribution in [0.1, 0.15) is 36.9 Å². The second-order valence-corrected chi connectivity index (χ2v) is 8.01. The van der Waals surface area contributed by atoms with Gasteiger partial charge in [-0.3, -0.25) is 0 Å². The van der Waals surface area contributed by atoms with Crippen molar-refractivity contribution >= 4 is 21.4 Å². The van der Waals surface area contributed by atoms with Gasteiger partial charge in [-0.2, -0.15) is 4.31 Å². The third-order valence-corrected chi connectivity index (χ3v) is 6.49. The smallest absolute Gasteiger partial charge is 0.244 e. The van der Waals surface area contributed by atoms with Gasteiger partial charge in [-0.25, -0.2) is 8.42 Å². The number of nitrogens with zero attached hydrogens (tertiary/aromatic N) is 1. The molecule has 110 valence electrons. The summed E-state index contributed by atoms with van der Waals surface area (Å²) >= 11 is 1.34. The lowest BCUT2D eigenvalue weighted by molar-refractivity contribution is 0.285. The van der Waals surface area contributed by atoms with Crippen molar-refractivity contribution in [1.82, 2.24) is 4.31 Å². The Morgan fingerprint density at radius 1 is 1.42 bits per heavy atom. The van der Waals surface area contributed by atoms with Crippen molar-refractivity contribution in [3.8, 4) is 0 Å². The van der Waals surface area contributed by atoms with Crippen LogP contribution in [-0.2, 0) is 16.6 Å². The molecule has 6 heteroatoms. The van der Waals surface area contributed by atoms with Gasteiger partial charge in [0.25, 0.3) is 0 Å². The summed E-state index contributed by atoms with van der Waals surface area (Å²) in [6.45, 7) is 8.65. The molecule has 1 N–H and O–H groups in total. The van der Waals surface area contributed by atoms with E-state index in [4.69, 9.17) is 5.11 Å². The lowest BCUT2D eigenvalue weighted by atomic mass is 10.1. The third-order valence-electron chi connectivity index (χ3n) is 3.26. The minimum Gasteiger partial charge on any atom is -0.391 e. The largest absolute Gasteiger partial charge is 0.391 e. The minimum absolute atomic E-state index is 0.113. The highest BCUT2D eigenvalue weighted by Crippen LogP contribution is 2.28. The van der Waals surface area contributed by atoms with Crippen LogP contribution in [0.5, 0.6) is 0 Å². The van der Waals surface area contributed by atoms with Crippen molar-refractivity contribution in [3.05, 3.63) is 15.8 Å². The lowest BCUT2D eigenvalue weighted by Crippen LogP contribution is -2.34. The van der Waals surface area contributed by atoms with Crippen LogP contribution < -0.4 is 0 Å². The molecular weight excluding hydrogens is 282 g/mol. The van der Waals surface area contributed by atoms with E-state index in [1.807, 2.05) is 6.92 Å². The summed E-state index contributed by atoms with van der Waals surface area (Å²) in [6, 6.07) is 1.59. The number of hydrogen-bond acceptors (Lipinski definition) is 4. The number of rotatable bonds is 7. The monoisotopic (exact) mass is 305 g/mol. The van der Waals surface area contributed by atoms with E-state index in [1.54, 1.807) is 13.0 Å². The first-order chi connectivity index (χ1) is 8.86. The van der Waals surface area contributed by atoms with Gasteiger partial charge in [-0.05, 0) is 18.9 Å². The SMILES string of the molecule is CCC(C)CN(CC)S(=O)(=O)c1cc(CO)sc1C. The van der Waals surface area contributed by atoms with Gasteiger partial charge in [0.2, 0.25) is 10.0 Å². The normalized spacial score (nSPS) is 14.0. The molecule has 1 unspecified atom stereocenters. The van der Waals surface area contributed by atoms with Crippen LogP contribution in [0.25, 0.3) is 0 Å². The molecule has 19 heavy (non-hydrogen) atoms. The van der Waals surface area contributed by atoms with Crippen LogP contribution in [0.15, 0.2) is 11.0 Å². The van der Waals surface area contributed by atoms with E-state index in [1.165, 1.54) is 15.6 Å². The molecule has 0 spiro atoms. The fourth-order valence-electron chi connectivity index (χ4n) is 1.87. The van der Waals surface area contributed by atoms with Crippen LogP contribution in [0.4, 0.5) is 0 Å². The summed E-state index contributed by atoms with van der Waals surface area (Å²) in [6.07, 6.45) is 0.955. The predicted molar refractivity (Wildman–Crippen MR) is 78.9 cm³/mol. The highest BCUT2D eigenvalue weighted by Gasteiger charge is 2.27. The van der Waals surface area contributed by atoms with Crippen molar-refractivity contribution in [3.63, 3.8) is 0 Å². The van der Waals surface area contributed by atoms with Gasteiger partial charge < -0.3 is 5.11 Å². The van der Waals surface area contributed by atoms with E-state index < -0.39 is 10.0 Å². The molecule has 1 aromatic rings. The van der Waals surface area contributed by atoms with Gasteiger partial charge in [0, 0.05) is 22.8 Å². The van der Waals surface area contributed by atoms with Gasteiger partial charge in [0.1, 0.15) is 0 Å². The molecule has 0 saturated heterocycles. The van der Waals surface area contributed by atoms with Crippen molar-refractivity contribution < 1.29 is 13.5 Å². The van der Waals surface area contributed by atoms with Crippen molar-refractivity contribution in [2.45, 2.75) is 45.6 Å². The lowest BCUT2D eigenvalue weighted by Gasteiger charge is -2.23. The molecule has 0 amide bonds. The molecule has 0 radical (unpaired) electrons. The van der Waals surface area contributed by atoms with Gasteiger partial charge in [-0.15, -0.1) is 11.3 Å². The first kappa shape index (κ1) is 16.6. The Morgan fingerprint density at radius 3 is 2.47 bits per heavy atom. The molecule has 0 aliphatic rings. The molecule has 1 aromatic heterocycles. The molecule has 0 aliphatic heterocycles. The van der Waals surface area contributed by atoms with E-state index in [9.17, 15) is 8.42 Å². The van der Waals surface area contributed by atoms with Crippen molar-refractivity contribution in [1.29, 1.82) is 0 Å². The average molecular weight is 305 g/mol. The molecule has 0 aliphatic carbocycles. The van der Waals surface area contributed by atoms with Gasteiger partial charge >= 0.3 is 0 Å². The molecule has 0 aromatic carbocycles. The maximum atomic E-state index is 12.6. The summed E-state index contributed by atoms with van der Waals surface area (Å²) in [5, 5.41) is 9.12. The average Bonchev–Trinajstić information content (AvgIpc) is 2.77. The van der Waals surface area contributed by atoms with E-state index in [-0.39, 0.29) is 6.61 Å². The Hall–Kier alpha value is -0.430. The quantitative estimate of drug-likeness (QED) is 0.842. The molecule has 1 atom stereocenters. The van der Waals surface area contributed by atoms with Gasteiger partial charge in [-0.1, -0.05) is 27.2 Å². The molecule has 0 fully saturated rings. The second kappa shape index (κ2) is 6.83. The number of aliphatic hydroxyl groups excluding tert-OH is 1. The maximum absolute atomic E-state index is 12.6. The van der Waals surface area contributed by atoms with Crippen molar-refractivity contribution in [2.75, 3.05) is 13.1 Å². The van der Waals surface area contributed by atoms with Crippen LogP contribution in [0.2, 0.25) is 0 Å². The fraction of sp³-hybridized carbons (Fsp3) is 0.692. The molecule has 1 rings (SSSR count). The highest BCUT2D eigenvalue weighted by molar-refractivity contribution is 7.89. The summed E-state index contributed by atoms with van der Waals surface area (Å²) in [7, 11) is -3.44. The van der Waals surface area contributed by atoms with Crippen LogP contribution >= 0.6 is 11.3 Å². The Balaban J connectivity index is 3.09. The van der Waals surface area contributed by atoms with Crippen LogP contribution in [0, 0.1) is 12.8 Å². The van der Waals surface area contributed by atoms with E-state index >= 15 is 0 Å². The van der Waals surface area contributed by atoms with Crippen LogP contribution in [-0.4, -0.2) is 30.9 Å². The second-order valence-electron chi connectivity index (χ2n) is 4.76. The van der Waals surface area contributed by atoms with Crippen molar-refractivity contribution in [2.24, 2.45) is 5.92 Å². The number of aryl methyl sites for hydroxylation is 1. The van der Waals surface area contributed by atoms with Crippen LogP contribution in [0.3, 0.4) is 0 Å². The van der Waals surface area contributed by atoms with Gasteiger partial charge in [0.15, 0.2) is 0 Å². The summed E-state index contributed by atoms with van der Waals surface area (Å²) in [4.78, 5) is 1.77. The van der Waals surface area contributed by atoms with E-state index in [0.29, 0.717) is 28.8 Å². The summed E-state index contributed by atoms with van der Waals surface area (Å²) < 4.78 is 26.8. The summed E-state index contributed by atoms with van der Waals surface area (Å²) in [5.74, 6) is 0.339. The Kier molecular flexibility index (Phi) is 5.98. The number of thiophene rings is 1. The number of aliphatic hydroxyl groups is 1. The topological polar surface area (TPSA) is 57.6 Å². The number of sulfonamides is 1. The molecule has 0 bridgehead atoms. The standard InChI is InChI=1S/C13H23NO3S2/c1-5-10(3)8-14(6-2)19(16,17)13-7-12(9-15)18-11(13)4/h7,10,15H,5-6,8-9H2,1-4H3. The third kappa shape index (κ3) is 3.78. The highest BCUT2D eigenvalue weighted by atomic mass is 32.2. The van der Waals surface area contributed by atoms with E-state index in [2.05, 4.69) is 13.8 Å². The zero-order valence-corrected chi connectivity index (χ0v) is 13.6.